The van der Waals surface area contributed by atoms with E-state index in [9.17, 15) is 13.6 Å². The van der Waals surface area contributed by atoms with Crippen molar-refractivity contribution in [1.29, 1.82) is 0 Å². The van der Waals surface area contributed by atoms with Gasteiger partial charge < -0.3 is 15.5 Å². The Kier molecular flexibility index (Phi) is 6.32. The molecule has 29 heavy (non-hydrogen) atoms. The van der Waals surface area contributed by atoms with Crippen LogP contribution in [0.1, 0.15) is 6.92 Å². The molecule has 0 saturated carbocycles. The number of carbonyl (C=O) groups excluding carboxylic acids is 1. The van der Waals surface area contributed by atoms with Crippen LogP contribution in [-0.2, 0) is 4.79 Å². The highest BCUT2D eigenvalue weighted by molar-refractivity contribution is 8.00. The van der Waals surface area contributed by atoms with Gasteiger partial charge in [-0.1, -0.05) is 30.0 Å². The summed E-state index contributed by atoms with van der Waals surface area (Å²) in [5.41, 5.74) is 1.36. The van der Waals surface area contributed by atoms with Crippen molar-refractivity contribution >= 4 is 23.4 Å². The number of alkyl halides is 2. The van der Waals surface area contributed by atoms with Gasteiger partial charge in [0.2, 0.25) is 11.1 Å². The van der Waals surface area contributed by atoms with Crippen LogP contribution in [-0.4, -0.2) is 39.7 Å². The third-order valence-electron chi connectivity index (χ3n) is 4.11. The van der Waals surface area contributed by atoms with Crippen molar-refractivity contribution in [2.24, 2.45) is 0 Å². The van der Waals surface area contributed by atoms with Crippen molar-refractivity contribution in [3.63, 3.8) is 0 Å². The summed E-state index contributed by atoms with van der Waals surface area (Å²) >= 11 is 1.18. The maximum Gasteiger partial charge on any atom is 0.387 e. The molecular formula is C19H19F2N5O2S. The molecule has 0 bridgehead atoms. The van der Waals surface area contributed by atoms with E-state index >= 15 is 0 Å². The molecule has 3 rings (SSSR count). The minimum Gasteiger partial charge on any atom is -0.435 e. The number of halogens is 2. The Hall–Kier alpha value is -3.14. The molecule has 10 heteroatoms. The molecule has 2 N–H and O–H groups in total. The SMILES string of the molecule is C[C@@H](Sc1nnc(-c2ccc(OC(F)F)cc2)n1N)C(=O)N(C)c1ccccc1. The summed E-state index contributed by atoms with van der Waals surface area (Å²) in [5, 5.41) is 7.99. The number of rotatable bonds is 7. The zero-order valence-corrected chi connectivity index (χ0v) is 16.5. The predicted molar refractivity (Wildman–Crippen MR) is 107 cm³/mol. The summed E-state index contributed by atoms with van der Waals surface area (Å²) in [6.45, 7) is -1.13. The quantitative estimate of drug-likeness (QED) is 0.467. The number of ether oxygens (including phenoxy) is 1. The minimum absolute atomic E-state index is 0.0320. The number of thioether (sulfide) groups is 1. The number of hydrogen-bond acceptors (Lipinski definition) is 6. The molecule has 0 spiro atoms. The van der Waals surface area contributed by atoms with Crippen LogP contribution in [0.3, 0.4) is 0 Å². The molecule has 7 nitrogen and oxygen atoms in total. The van der Waals surface area contributed by atoms with Gasteiger partial charge in [-0.05, 0) is 43.3 Å². The highest BCUT2D eigenvalue weighted by Gasteiger charge is 2.23. The average molecular weight is 419 g/mol. The zero-order chi connectivity index (χ0) is 21.0. The summed E-state index contributed by atoms with van der Waals surface area (Å²) < 4.78 is 30.1. The number of anilines is 1. The molecule has 1 heterocycles. The number of para-hydroxylation sites is 1. The van der Waals surface area contributed by atoms with Crippen LogP contribution in [0.25, 0.3) is 11.4 Å². The van der Waals surface area contributed by atoms with Crippen LogP contribution in [0.15, 0.2) is 59.8 Å². The smallest absolute Gasteiger partial charge is 0.387 e. The Morgan fingerprint density at radius 3 is 2.41 bits per heavy atom. The van der Waals surface area contributed by atoms with Crippen LogP contribution < -0.4 is 15.5 Å². The number of amides is 1. The maximum atomic E-state index is 12.7. The second-order valence-electron chi connectivity index (χ2n) is 6.07. The van der Waals surface area contributed by atoms with Gasteiger partial charge in [-0.3, -0.25) is 4.79 Å². The monoisotopic (exact) mass is 419 g/mol. The molecule has 1 atom stereocenters. The summed E-state index contributed by atoms with van der Waals surface area (Å²) in [7, 11) is 1.70. The first-order valence-corrected chi connectivity index (χ1v) is 9.49. The molecule has 0 saturated heterocycles. The summed E-state index contributed by atoms with van der Waals surface area (Å²) in [6, 6.07) is 15.2. The first-order chi connectivity index (χ1) is 13.9. The number of nitrogens with two attached hydrogens (primary N) is 1. The highest BCUT2D eigenvalue weighted by Crippen LogP contribution is 2.27. The third-order valence-corrected chi connectivity index (χ3v) is 5.15. The largest absolute Gasteiger partial charge is 0.435 e. The first-order valence-electron chi connectivity index (χ1n) is 8.62. The second kappa shape index (κ2) is 8.91. The van der Waals surface area contributed by atoms with Gasteiger partial charge in [0.1, 0.15) is 5.75 Å². The fraction of sp³-hybridized carbons (Fsp3) is 0.211. The molecule has 0 radical (unpaired) electrons. The van der Waals surface area contributed by atoms with E-state index in [0.29, 0.717) is 16.5 Å². The normalized spacial score (nSPS) is 12.0. The molecular weight excluding hydrogens is 400 g/mol. The zero-order valence-electron chi connectivity index (χ0n) is 15.7. The highest BCUT2D eigenvalue weighted by atomic mass is 32.2. The Morgan fingerprint density at radius 2 is 1.79 bits per heavy atom. The van der Waals surface area contributed by atoms with Gasteiger partial charge in [-0.25, -0.2) is 4.68 Å². The molecule has 1 aromatic heterocycles. The predicted octanol–water partition coefficient (Wildman–Crippen LogP) is 3.40. The lowest BCUT2D eigenvalue weighted by Crippen LogP contribution is -2.33. The van der Waals surface area contributed by atoms with Crippen molar-refractivity contribution < 1.29 is 18.3 Å². The van der Waals surface area contributed by atoms with E-state index in [1.54, 1.807) is 31.0 Å². The number of nitrogen functional groups attached to an aromatic ring is 1. The number of benzene rings is 2. The van der Waals surface area contributed by atoms with Crippen LogP contribution >= 0.6 is 11.8 Å². The van der Waals surface area contributed by atoms with Crippen LogP contribution in [0, 0.1) is 0 Å². The van der Waals surface area contributed by atoms with Crippen molar-refractivity contribution in [3.05, 3.63) is 54.6 Å². The van der Waals surface area contributed by atoms with Gasteiger partial charge in [0, 0.05) is 18.3 Å². The standard InChI is InChI=1S/C19H19F2N5O2S/c1-12(17(27)25(2)14-6-4-3-5-7-14)29-19-24-23-16(26(19)22)13-8-10-15(11-9-13)28-18(20)21/h3-12,18H,22H2,1-2H3/t12-/m1/s1. The van der Waals surface area contributed by atoms with Crippen LogP contribution in [0.4, 0.5) is 14.5 Å². The molecule has 1 amide bonds. The second-order valence-corrected chi connectivity index (χ2v) is 7.38. The Morgan fingerprint density at radius 1 is 1.14 bits per heavy atom. The van der Waals surface area contributed by atoms with Crippen LogP contribution in [0.2, 0.25) is 0 Å². The van der Waals surface area contributed by atoms with Crippen LogP contribution in [0.5, 0.6) is 5.75 Å². The lowest BCUT2D eigenvalue weighted by atomic mass is 10.2. The van der Waals surface area contributed by atoms with Gasteiger partial charge in [0.15, 0.2) is 5.82 Å². The molecule has 0 fully saturated rings. The fourth-order valence-corrected chi connectivity index (χ4v) is 3.46. The molecule has 2 aromatic carbocycles. The van der Waals surface area contributed by atoms with Crippen molar-refractivity contribution in [2.75, 3.05) is 17.8 Å². The lowest BCUT2D eigenvalue weighted by Gasteiger charge is -2.20. The van der Waals surface area contributed by atoms with E-state index in [1.807, 2.05) is 30.3 Å². The number of carbonyl (C=O) groups is 1. The molecule has 0 aliphatic rings. The van der Waals surface area contributed by atoms with E-state index < -0.39 is 11.9 Å². The van der Waals surface area contributed by atoms with Gasteiger partial charge in [-0.2, -0.15) is 8.78 Å². The van der Waals surface area contributed by atoms with E-state index in [0.717, 1.165) is 5.69 Å². The molecule has 0 unspecified atom stereocenters. The summed E-state index contributed by atoms with van der Waals surface area (Å²) in [4.78, 5) is 14.3. The van der Waals surface area contributed by atoms with E-state index in [2.05, 4.69) is 14.9 Å². The minimum atomic E-state index is -2.89. The molecule has 0 aliphatic carbocycles. The molecule has 0 aliphatic heterocycles. The van der Waals surface area contributed by atoms with Gasteiger partial charge in [-0.15, -0.1) is 10.2 Å². The van der Waals surface area contributed by atoms with Crippen molar-refractivity contribution in [2.45, 2.75) is 23.9 Å². The van der Waals surface area contributed by atoms with E-state index in [-0.39, 0.29) is 11.7 Å². The molecule has 3 aromatic rings. The lowest BCUT2D eigenvalue weighted by molar-refractivity contribution is -0.117. The Balaban J connectivity index is 1.71. The van der Waals surface area contributed by atoms with Crippen molar-refractivity contribution in [1.82, 2.24) is 14.9 Å². The van der Waals surface area contributed by atoms with Gasteiger partial charge in [0.25, 0.3) is 0 Å². The number of aromatic nitrogens is 3. The maximum absolute atomic E-state index is 12.7. The summed E-state index contributed by atoms with van der Waals surface area (Å²) in [6.07, 6.45) is 0. The Bertz CT molecular complexity index is 966. The third kappa shape index (κ3) is 4.83. The molecule has 152 valence electrons. The van der Waals surface area contributed by atoms with E-state index in [4.69, 9.17) is 5.84 Å². The first kappa shape index (κ1) is 20.6. The van der Waals surface area contributed by atoms with Gasteiger partial charge >= 0.3 is 6.61 Å². The van der Waals surface area contributed by atoms with Gasteiger partial charge in [0.05, 0.1) is 5.25 Å². The Labute approximate surface area is 170 Å². The number of nitrogens with zero attached hydrogens (tertiary/aromatic N) is 4. The topological polar surface area (TPSA) is 86.3 Å². The summed E-state index contributed by atoms with van der Waals surface area (Å²) in [5.74, 6) is 6.34. The van der Waals surface area contributed by atoms with E-state index in [1.165, 1.54) is 28.6 Å². The fourth-order valence-electron chi connectivity index (χ4n) is 2.60. The number of hydrogen-bond donors (Lipinski definition) is 1. The average Bonchev–Trinajstić information content (AvgIpc) is 3.08. The van der Waals surface area contributed by atoms with Crippen molar-refractivity contribution in [3.8, 4) is 17.1 Å².